The molecule has 0 aliphatic carbocycles. The third-order valence-electron chi connectivity index (χ3n) is 3.90. The first-order chi connectivity index (χ1) is 12.6. The fraction of sp³-hybridized carbons (Fsp3) is 0.300. The zero-order valence-electron chi connectivity index (χ0n) is 15.4. The molecule has 142 valence electrons. The third-order valence-corrected chi connectivity index (χ3v) is 5.03. The first-order valence-electron chi connectivity index (χ1n) is 8.40. The highest BCUT2D eigenvalue weighted by molar-refractivity contribution is 7.90. The average molecular weight is 388 g/mol. The van der Waals surface area contributed by atoms with Crippen LogP contribution in [0.15, 0.2) is 47.4 Å². The molecule has 1 amide bonds. The predicted octanol–water partition coefficient (Wildman–Crippen LogP) is 3.68. The molecule has 2 rings (SSSR count). The Hall–Kier alpha value is -2.72. The van der Waals surface area contributed by atoms with Crippen LogP contribution in [0.3, 0.4) is 0 Å². The molecule has 0 N–H and O–H groups in total. The standard InChI is InChI=1S/C20H21FN2O3S/c1-14(2)8-20(24)23(18-10-16(12-22)9-17(21)11-18)13-15-4-6-19(7-5-15)27(3,25)26/h4-7,9-11,14H,8,13H2,1-3H3. The Labute approximate surface area is 159 Å². The molecule has 2 aromatic carbocycles. The normalized spacial score (nSPS) is 11.3. The summed E-state index contributed by atoms with van der Waals surface area (Å²) in [5, 5.41) is 9.07. The van der Waals surface area contributed by atoms with Crippen molar-refractivity contribution in [1.29, 1.82) is 5.26 Å². The van der Waals surface area contributed by atoms with E-state index < -0.39 is 15.7 Å². The molecule has 0 radical (unpaired) electrons. The van der Waals surface area contributed by atoms with Gasteiger partial charge in [-0.2, -0.15) is 5.26 Å². The van der Waals surface area contributed by atoms with Crippen molar-refractivity contribution in [2.24, 2.45) is 5.92 Å². The minimum atomic E-state index is -3.31. The minimum Gasteiger partial charge on any atom is -0.308 e. The van der Waals surface area contributed by atoms with Gasteiger partial charge in [0.15, 0.2) is 9.84 Å². The molecule has 0 unspecified atom stereocenters. The Balaban J connectivity index is 2.40. The molecule has 0 saturated carbocycles. The first-order valence-corrected chi connectivity index (χ1v) is 10.3. The largest absolute Gasteiger partial charge is 0.308 e. The zero-order chi connectivity index (χ0) is 20.2. The van der Waals surface area contributed by atoms with Gasteiger partial charge < -0.3 is 4.90 Å². The van der Waals surface area contributed by atoms with Crippen LogP contribution in [-0.4, -0.2) is 20.6 Å². The number of sulfone groups is 1. The maximum atomic E-state index is 13.9. The number of nitriles is 1. The Morgan fingerprint density at radius 1 is 1.19 bits per heavy atom. The summed E-state index contributed by atoms with van der Waals surface area (Å²) in [6, 6.07) is 11.9. The highest BCUT2D eigenvalue weighted by Crippen LogP contribution is 2.23. The summed E-state index contributed by atoms with van der Waals surface area (Å²) in [6.07, 6.45) is 1.39. The minimum absolute atomic E-state index is 0.108. The maximum Gasteiger partial charge on any atom is 0.227 e. The van der Waals surface area contributed by atoms with Gasteiger partial charge in [0.25, 0.3) is 0 Å². The SMILES string of the molecule is CC(C)CC(=O)N(Cc1ccc(S(C)(=O)=O)cc1)c1cc(F)cc(C#N)c1. The lowest BCUT2D eigenvalue weighted by Crippen LogP contribution is -2.31. The molecule has 0 aliphatic heterocycles. The molecule has 5 nitrogen and oxygen atoms in total. The number of hydrogen-bond acceptors (Lipinski definition) is 4. The number of amides is 1. The van der Waals surface area contributed by atoms with Gasteiger partial charge in [0.05, 0.1) is 23.1 Å². The second-order valence-electron chi connectivity index (χ2n) is 6.80. The highest BCUT2D eigenvalue weighted by Gasteiger charge is 2.19. The second-order valence-corrected chi connectivity index (χ2v) is 8.82. The summed E-state index contributed by atoms with van der Waals surface area (Å²) in [6.45, 7) is 3.95. The van der Waals surface area contributed by atoms with Crippen LogP contribution in [-0.2, 0) is 21.2 Å². The van der Waals surface area contributed by atoms with Crippen LogP contribution in [0.4, 0.5) is 10.1 Å². The summed E-state index contributed by atoms with van der Waals surface area (Å²) in [5.74, 6) is -0.692. The molecule has 0 heterocycles. The lowest BCUT2D eigenvalue weighted by molar-refractivity contribution is -0.119. The van der Waals surface area contributed by atoms with Gasteiger partial charge >= 0.3 is 0 Å². The van der Waals surface area contributed by atoms with Crippen LogP contribution in [0.25, 0.3) is 0 Å². The van der Waals surface area contributed by atoms with Crippen LogP contribution < -0.4 is 4.90 Å². The molecule has 0 aliphatic rings. The predicted molar refractivity (Wildman–Crippen MR) is 101 cm³/mol. The number of anilines is 1. The van der Waals surface area contributed by atoms with Crippen LogP contribution in [0, 0.1) is 23.1 Å². The summed E-state index contributed by atoms with van der Waals surface area (Å²) >= 11 is 0. The number of nitrogens with zero attached hydrogens (tertiary/aromatic N) is 2. The molecule has 0 fully saturated rings. The Bertz CT molecular complexity index is 977. The number of hydrogen-bond donors (Lipinski definition) is 0. The van der Waals surface area contributed by atoms with Gasteiger partial charge in [-0.15, -0.1) is 0 Å². The Morgan fingerprint density at radius 3 is 2.33 bits per heavy atom. The maximum absolute atomic E-state index is 13.9. The van der Waals surface area contributed by atoms with E-state index in [-0.39, 0.29) is 35.2 Å². The topological polar surface area (TPSA) is 78.2 Å². The van der Waals surface area contributed by atoms with E-state index in [9.17, 15) is 17.6 Å². The molecule has 0 spiro atoms. The monoisotopic (exact) mass is 388 g/mol. The van der Waals surface area contributed by atoms with Crippen LogP contribution in [0.2, 0.25) is 0 Å². The van der Waals surface area contributed by atoms with Crippen LogP contribution in [0.1, 0.15) is 31.4 Å². The van der Waals surface area contributed by atoms with Crippen molar-refractivity contribution in [2.45, 2.75) is 31.7 Å². The fourth-order valence-corrected chi connectivity index (χ4v) is 3.23. The van der Waals surface area contributed by atoms with E-state index in [0.29, 0.717) is 11.3 Å². The quantitative estimate of drug-likeness (QED) is 0.756. The van der Waals surface area contributed by atoms with Crippen LogP contribution in [0.5, 0.6) is 0 Å². The van der Waals surface area contributed by atoms with Crippen molar-refractivity contribution in [2.75, 3.05) is 11.2 Å². The van der Waals surface area contributed by atoms with E-state index in [1.807, 2.05) is 19.9 Å². The number of rotatable bonds is 6. The fourth-order valence-electron chi connectivity index (χ4n) is 2.60. The van der Waals surface area contributed by atoms with Gasteiger partial charge in [0, 0.05) is 18.4 Å². The van der Waals surface area contributed by atoms with Gasteiger partial charge in [0.1, 0.15) is 5.82 Å². The summed E-state index contributed by atoms with van der Waals surface area (Å²) in [7, 11) is -3.31. The molecule has 0 atom stereocenters. The van der Waals surface area contributed by atoms with Crippen molar-refractivity contribution in [3.05, 3.63) is 59.4 Å². The number of halogens is 1. The number of carbonyl (C=O) groups excluding carboxylic acids is 1. The molecular formula is C20H21FN2O3S. The van der Waals surface area contributed by atoms with E-state index in [1.165, 1.54) is 29.2 Å². The van der Waals surface area contributed by atoms with Gasteiger partial charge in [-0.05, 0) is 41.8 Å². The van der Waals surface area contributed by atoms with Crippen molar-refractivity contribution < 1.29 is 17.6 Å². The average Bonchev–Trinajstić information content (AvgIpc) is 2.58. The lowest BCUT2D eigenvalue weighted by Gasteiger charge is -2.24. The van der Waals surface area contributed by atoms with E-state index in [0.717, 1.165) is 12.3 Å². The second kappa shape index (κ2) is 8.31. The molecule has 27 heavy (non-hydrogen) atoms. The van der Waals surface area contributed by atoms with Gasteiger partial charge in [-0.1, -0.05) is 26.0 Å². The van der Waals surface area contributed by atoms with Gasteiger partial charge in [0.2, 0.25) is 5.91 Å². The van der Waals surface area contributed by atoms with Crippen molar-refractivity contribution >= 4 is 21.4 Å². The van der Waals surface area contributed by atoms with E-state index >= 15 is 0 Å². The van der Waals surface area contributed by atoms with E-state index in [2.05, 4.69) is 0 Å². The number of carbonyl (C=O) groups is 1. The third kappa shape index (κ3) is 5.63. The van der Waals surface area contributed by atoms with Gasteiger partial charge in [-0.25, -0.2) is 12.8 Å². The van der Waals surface area contributed by atoms with Crippen molar-refractivity contribution in [3.8, 4) is 6.07 Å². The smallest absolute Gasteiger partial charge is 0.227 e. The lowest BCUT2D eigenvalue weighted by atomic mass is 10.1. The van der Waals surface area contributed by atoms with Crippen LogP contribution >= 0.6 is 0 Å². The highest BCUT2D eigenvalue weighted by atomic mass is 32.2. The molecule has 2 aromatic rings. The zero-order valence-corrected chi connectivity index (χ0v) is 16.3. The van der Waals surface area contributed by atoms with E-state index in [4.69, 9.17) is 5.26 Å². The molecule has 0 bridgehead atoms. The Kier molecular flexibility index (Phi) is 6.34. The molecule has 0 aromatic heterocycles. The molecular weight excluding hydrogens is 367 g/mol. The summed E-state index contributed by atoms with van der Waals surface area (Å²) in [4.78, 5) is 14.3. The summed E-state index contributed by atoms with van der Waals surface area (Å²) < 4.78 is 37.0. The molecule has 7 heteroatoms. The van der Waals surface area contributed by atoms with Crippen molar-refractivity contribution in [1.82, 2.24) is 0 Å². The van der Waals surface area contributed by atoms with Crippen molar-refractivity contribution in [3.63, 3.8) is 0 Å². The van der Waals surface area contributed by atoms with E-state index in [1.54, 1.807) is 12.1 Å². The summed E-state index contributed by atoms with van der Waals surface area (Å²) in [5.41, 5.74) is 1.12. The first kappa shape index (κ1) is 20.6. The van der Waals surface area contributed by atoms with Gasteiger partial charge in [-0.3, -0.25) is 4.79 Å². The molecule has 0 saturated heterocycles. The Morgan fingerprint density at radius 2 is 1.81 bits per heavy atom. The number of benzene rings is 2.